The minimum Gasteiger partial charge on any atom is -0.480 e. The Morgan fingerprint density at radius 3 is 1.62 bits per heavy atom. The second kappa shape index (κ2) is 8.68. The SMILES string of the molecule is [2H]C([2H])(SSC([2H])([2H])C([2H])([2H])[C@H](N)C(=O)O)C([2H])([2H])[C@H](N)C(=O)O. The van der Waals surface area contributed by atoms with Gasteiger partial charge < -0.3 is 21.7 Å². The molecular weight excluding hydrogens is 252 g/mol. The maximum absolute atomic E-state index is 10.8. The third-order valence-electron chi connectivity index (χ3n) is 1.09. The molecule has 0 aliphatic heterocycles. The van der Waals surface area contributed by atoms with Gasteiger partial charge >= 0.3 is 11.9 Å². The van der Waals surface area contributed by atoms with Gasteiger partial charge in [-0.1, -0.05) is 21.6 Å². The van der Waals surface area contributed by atoms with Crippen molar-refractivity contribution in [2.24, 2.45) is 11.5 Å². The smallest absolute Gasteiger partial charge is 0.320 e. The molecule has 16 heavy (non-hydrogen) atoms. The molecule has 0 amide bonds. The molecule has 0 spiro atoms. The number of nitrogens with two attached hydrogens (primary N) is 2. The highest BCUT2D eigenvalue weighted by atomic mass is 33.1. The lowest BCUT2D eigenvalue weighted by atomic mass is 10.2. The average molecular weight is 276 g/mol. The van der Waals surface area contributed by atoms with Crippen molar-refractivity contribution in [2.75, 3.05) is 11.4 Å². The normalized spacial score (nSPS) is 25.4. The predicted octanol–water partition coefficient (Wildman–Crippen LogP) is -0.0282. The van der Waals surface area contributed by atoms with Crippen molar-refractivity contribution in [2.45, 2.75) is 24.8 Å². The first-order valence-corrected chi connectivity index (χ1v) is 5.90. The van der Waals surface area contributed by atoms with E-state index in [1.807, 2.05) is 0 Å². The van der Waals surface area contributed by atoms with Gasteiger partial charge in [0.15, 0.2) is 0 Å². The van der Waals surface area contributed by atoms with E-state index in [-0.39, 0.29) is 21.6 Å². The summed E-state index contributed by atoms with van der Waals surface area (Å²) in [5.41, 5.74) is 4.11. The number of hydrogen-bond acceptors (Lipinski definition) is 6. The largest absolute Gasteiger partial charge is 0.480 e. The number of hydrogen-bond donors (Lipinski definition) is 4. The molecule has 0 bridgehead atoms. The van der Waals surface area contributed by atoms with E-state index in [4.69, 9.17) is 32.6 Å². The highest BCUT2D eigenvalue weighted by molar-refractivity contribution is 8.76. The van der Waals surface area contributed by atoms with Crippen LogP contribution in [0.4, 0.5) is 0 Å². The molecule has 0 aromatic heterocycles. The highest BCUT2D eigenvalue weighted by Gasteiger charge is 2.12. The van der Waals surface area contributed by atoms with Crippen LogP contribution in [0, 0.1) is 0 Å². The summed E-state index contributed by atoms with van der Waals surface area (Å²) in [6.45, 7) is 0. The summed E-state index contributed by atoms with van der Waals surface area (Å²) in [5.74, 6) is -3.64. The van der Waals surface area contributed by atoms with E-state index in [1.165, 1.54) is 0 Å². The van der Waals surface area contributed by atoms with E-state index >= 15 is 0 Å². The molecule has 0 aromatic rings. The van der Waals surface area contributed by atoms with Gasteiger partial charge in [0.1, 0.15) is 12.1 Å². The molecule has 0 saturated carbocycles. The lowest BCUT2D eigenvalue weighted by Gasteiger charge is -2.06. The van der Waals surface area contributed by atoms with Crippen molar-refractivity contribution in [3.05, 3.63) is 0 Å². The molecular formula is C8H16N2O4S2. The summed E-state index contributed by atoms with van der Waals surface area (Å²) >= 11 is 0. The van der Waals surface area contributed by atoms with Crippen molar-refractivity contribution in [3.63, 3.8) is 0 Å². The first-order chi connectivity index (χ1) is 10.4. The molecule has 0 saturated heterocycles. The molecule has 6 nitrogen and oxygen atoms in total. The highest BCUT2D eigenvalue weighted by Crippen LogP contribution is 2.23. The number of aliphatic carboxylic acids is 2. The van der Waals surface area contributed by atoms with Gasteiger partial charge in [0.05, 0.1) is 0 Å². The second-order valence-electron chi connectivity index (χ2n) is 2.29. The van der Waals surface area contributed by atoms with Crippen LogP contribution < -0.4 is 11.5 Å². The summed E-state index contributed by atoms with van der Waals surface area (Å²) in [6, 6.07) is -4.52. The fourth-order valence-corrected chi connectivity index (χ4v) is 1.31. The van der Waals surface area contributed by atoms with Crippen molar-refractivity contribution < 1.29 is 30.8 Å². The summed E-state index contributed by atoms with van der Waals surface area (Å²) < 4.78 is 60.3. The quantitative estimate of drug-likeness (QED) is 0.432. The molecule has 0 aliphatic carbocycles. The summed E-state index contributed by atoms with van der Waals surface area (Å²) in [5, 5.41) is 17.4. The van der Waals surface area contributed by atoms with Crippen LogP contribution in [0.3, 0.4) is 0 Å². The molecule has 0 heterocycles. The van der Waals surface area contributed by atoms with Crippen LogP contribution in [0.25, 0.3) is 0 Å². The Kier molecular flexibility index (Phi) is 3.52. The zero-order valence-electron chi connectivity index (χ0n) is 15.8. The topological polar surface area (TPSA) is 127 Å². The monoisotopic (exact) mass is 276 g/mol. The molecule has 94 valence electrons. The minimum absolute atomic E-state index is 0.137. The standard InChI is InChI=1S/C8H16N2O4S2/c9-5(7(11)12)1-3-15-16-4-2-6(10)8(13)14/h5-6H,1-4,9-10H2,(H,11,12)(H,13,14)/t5-,6-/m0/s1/i1D2,2D2,3D2,4D2. The first-order valence-electron chi connectivity index (χ1n) is 7.75. The summed E-state index contributed by atoms with van der Waals surface area (Å²) in [4.78, 5) is 21.5. The van der Waals surface area contributed by atoms with Crippen LogP contribution in [0.1, 0.15) is 23.7 Å². The van der Waals surface area contributed by atoms with E-state index in [9.17, 15) is 9.59 Å². The molecule has 0 aromatic carbocycles. The minimum atomic E-state index is -3.13. The van der Waals surface area contributed by atoms with Crippen molar-refractivity contribution in [1.82, 2.24) is 0 Å². The van der Waals surface area contributed by atoms with E-state index in [0.29, 0.717) is 0 Å². The van der Waals surface area contributed by atoms with Crippen LogP contribution in [0.15, 0.2) is 0 Å². The Morgan fingerprint density at radius 1 is 1.06 bits per heavy atom. The second-order valence-corrected chi connectivity index (χ2v) is 4.03. The Morgan fingerprint density at radius 2 is 1.38 bits per heavy atom. The van der Waals surface area contributed by atoms with E-state index in [0.717, 1.165) is 0 Å². The van der Waals surface area contributed by atoms with Crippen LogP contribution in [-0.2, 0) is 9.59 Å². The van der Waals surface area contributed by atoms with Crippen LogP contribution in [0.5, 0.6) is 0 Å². The van der Waals surface area contributed by atoms with Crippen molar-refractivity contribution >= 4 is 33.5 Å². The van der Waals surface area contributed by atoms with Gasteiger partial charge in [0.25, 0.3) is 0 Å². The van der Waals surface area contributed by atoms with Gasteiger partial charge in [-0.3, -0.25) is 9.59 Å². The first kappa shape index (κ1) is 6.48. The number of carboxylic acid groups (broad SMARTS) is 2. The Balaban J connectivity index is 5.35. The number of rotatable bonds is 9. The van der Waals surface area contributed by atoms with Gasteiger partial charge in [-0.2, -0.15) is 0 Å². The third kappa shape index (κ3) is 7.80. The van der Waals surface area contributed by atoms with Crippen molar-refractivity contribution in [1.29, 1.82) is 0 Å². The van der Waals surface area contributed by atoms with E-state index < -0.39 is 48.2 Å². The Hall–Kier alpha value is -0.440. The maximum Gasteiger partial charge on any atom is 0.320 e. The fourth-order valence-electron chi connectivity index (χ4n) is 0.340. The maximum atomic E-state index is 10.8. The van der Waals surface area contributed by atoms with E-state index in [1.54, 1.807) is 0 Å². The molecule has 0 unspecified atom stereocenters. The zero-order valence-corrected chi connectivity index (χ0v) is 9.47. The van der Waals surface area contributed by atoms with E-state index in [2.05, 4.69) is 0 Å². The van der Waals surface area contributed by atoms with Gasteiger partial charge in [0, 0.05) is 22.4 Å². The molecule has 6 N–H and O–H groups in total. The van der Waals surface area contributed by atoms with Gasteiger partial charge in [0.2, 0.25) is 0 Å². The molecule has 0 fully saturated rings. The number of carbonyl (C=O) groups is 2. The predicted molar refractivity (Wildman–Crippen MR) is 65.4 cm³/mol. The molecule has 0 radical (unpaired) electrons. The number of carboxylic acids is 2. The third-order valence-corrected chi connectivity index (χ3v) is 2.32. The molecule has 0 aliphatic rings. The van der Waals surface area contributed by atoms with Crippen LogP contribution in [-0.4, -0.2) is 45.6 Å². The van der Waals surface area contributed by atoms with Gasteiger partial charge in [-0.15, -0.1) is 0 Å². The Bertz CT molecular complexity index is 462. The lowest BCUT2D eigenvalue weighted by molar-refractivity contribution is -0.139. The average Bonchev–Trinajstić information content (AvgIpc) is 2.42. The zero-order chi connectivity index (χ0) is 19.7. The summed E-state index contributed by atoms with van der Waals surface area (Å²) in [7, 11) is -0.275. The lowest BCUT2D eigenvalue weighted by Crippen LogP contribution is -2.30. The van der Waals surface area contributed by atoms with Crippen LogP contribution in [0.2, 0.25) is 0 Å². The Labute approximate surface area is 113 Å². The van der Waals surface area contributed by atoms with Crippen molar-refractivity contribution in [3.8, 4) is 0 Å². The van der Waals surface area contributed by atoms with Gasteiger partial charge in [-0.25, -0.2) is 0 Å². The molecule has 0 rings (SSSR count). The van der Waals surface area contributed by atoms with Gasteiger partial charge in [-0.05, 0) is 12.7 Å². The van der Waals surface area contributed by atoms with Crippen LogP contribution >= 0.6 is 21.6 Å². The molecule has 2 atom stereocenters. The molecule has 8 heteroatoms. The summed E-state index contributed by atoms with van der Waals surface area (Å²) in [6.07, 6.45) is -6.26. The fraction of sp³-hybridized carbons (Fsp3) is 0.750.